The van der Waals surface area contributed by atoms with Gasteiger partial charge >= 0.3 is 0 Å². The van der Waals surface area contributed by atoms with E-state index < -0.39 is 0 Å². The van der Waals surface area contributed by atoms with E-state index in [0.717, 1.165) is 124 Å². The predicted octanol–water partition coefficient (Wildman–Crippen LogP) is 14.7. The molecule has 0 spiro atoms. The summed E-state index contributed by atoms with van der Waals surface area (Å²) in [6.45, 7) is 33.7. The molecule has 0 aliphatic carbocycles. The summed E-state index contributed by atoms with van der Waals surface area (Å²) in [7, 11) is 0. The van der Waals surface area contributed by atoms with Crippen LogP contribution in [0.1, 0.15) is 131 Å². The Morgan fingerprint density at radius 2 is 0.959 bits per heavy atom. The number of aromatic nitrogens is 4. The van der Waals surface area contributed by atoms with E-state index in [9.17, 15) is 19.2 Å². The molecule has 10 nitrogen and oxygen atoms in total. The van der Waals surface area contributed by atoms with Crippen molar-refractivity contribution in [3.8, 4) is 11.4 Å². The predicted molar refractivity (Wildman–Crippen MR) is 312 cm³/mol. The van der Waals surface area contributed by atoms with Crippen molar-refractivity contribution in [2.45, 2.75) is 137 Å². The van der Waals surface area contributed by atoms with Gasteiger partial charge in [-0.15, -0.1) is 0 Å². The second kappa shape index (κ2) is 26.0. The maximum atomic E-state index is 13.2. The Labute approximate surface area is 439 Å². The molecule has 6 heterocycles. The van der Waals surface area contributed by atoms with Crippen LogP contribution in [0.3, 0.4) is 0 Å². The number of anilines is 1. The highest BCUT2D eigenvalue weighted by Crippen LogP contribution is 2.34. The van der Waals surface area contributed by atoms with Crippen LogP contribution >= 0.6 is 0 Å². The first kappa shape index (κ1) is 57.4. The number of hydrogen-bond acceptors (Lipinski definition) is 6. The van der Waals surface area contributed by atoms with Crippen LogP contribution in [-0.4, -0.2) is 48.9 Å². The van der Waals surface area contributed by atoms with Crippen LogP contribution in [0.2, 0.25) is 0 Å². The third-order valence-electron chi connectivity index (χ3n) is 13.3. The third-order valence-corrected chi connectivity index (χ3v) is 13.3. The molecule has 0 unspecified atom stereocenters. The van der Waals surface area contributed by atoms with Crippen LogP contribution in [0, 0.1) is 13.8 Å². The lowest BCUT2D eigenvalue weighted by molar-refractivity contribution is -0.128. The molecule has 2 amide bonds. The van der Waals surface area contributed by atoms with Gasteiger partial charge in [-0.3, -0.25) is 38.3 Å². The molecule has 0 bridgehead atoms. The van der Waals surface area contributed by atoms with Gasteiger partial charge in [0.2, 0.25) is 5.91 Å². The monoisotopic (exact) mass is 995 g/mol. The second-order valence-electron chi connectivity index (χ2n) is 18.2. The van der Waals surface area contributed by atoms with Crippen molar-refractivity contribution < 1.29 is 9.59 Å². The molecule has 0 fully saturated rings. The summed E-state index contributed by atoms with van der Waals surface area (Å²) >= 11 is 0. The van der Waals surface area contributed by atoms with E-state index in [1.807, 2.05) is 188 Å². The van der Waals surface area contributed by atoms with Crippen LogP contribution in [0.25, 0.3) is 55.0 Å². The number of allylic oxidation sites excluding steroid dienone is 2. The first-order valence-electron chi connectivity index (χ1n) is 26.7. The van der Waals surface area contributed by atoms with Gasteiger partial charge in [-0.2, -0.15) is 0 Å². The van der Waals surface area contributed by atoms with E-state index in [-0.39, 0.29) is 22.9 Å². The summed E-state index contributed by atoms with van der Waals surface area (Å²) in [5.74, 6) is 0.115. The number of carbonyl (C=O) groups is 2. The molecule has 0 radical (unpaired) electrons. The first-order chi connectivity index (χ1) is 35.7. The highest BCUT2D eigenvalue weighted by atomic mass is 16.2. The van der Waals surface area contributed by atoms with Crippen molar-refractivity contribution in [1.29, 1.82) is 0 Å². The summed E-state index contributed by atoms with van der Waals surface area (Å²) in [6.07, 6.45) is 6.30. The lowest BCUT2D eigenvalue weighted by Crippen LogP contribution is -2.36. The number of pyridine rings is 4. The van der Waals surface area contributed by atoms with Crippen molar-refractivity contribution >= 4 is 61.1 Å². The number of fused-ring (bicyclic) bond motifs is 8. The SMILES string of the molecule is CC.CC.CC.CC.CC(C)=C(C)C(=O)N1CCCc2ccc(-n3c(=O)ccc4cnc5ccc(C)cc5c43)cc21.CC(C)=C(C)C(=O)N1CCc2ccc(-n3c(=O)ccc4cnc5ccc(C)cc5c43)cc2C1. The molecule has 74 heavy (non-hydrogen) atoms. The Hall–Kier alpha value is -7.46. The molecule has 2 aliphatic rings. The van der Waals surface area contributed by atoms with Gasteiger partial charge in [-0.1, -0.05) is 102 Å². The summed E-state index contributed by atoms with van der Waals surface area (Å²) in [5, 5.41) is 3.72. The number of hydrogen-bond donors (Lipinski definition) is 0. The van der Waals surface area contributed by atoms with E-state index in [2.05, 4.69) is 40.3 Å². The van der Waals surface area contributed by atoms with E-state index in [4.69, 9.17) is 0 Å². The molecule has 4 aromatic carbocycles. The quantitative estimate of drug-likeness (QED) is 0.128. The number of nitrogens with zero attached hydrogens (tertiary/aromatic N) is 6. The maximum absolute atomic E-state index is 13.2. The Morgan fingerprint density at radius 1 is 0.486 bits per heavy atom. The van der Waals surface area contributed by atoms with Crippen molar-refractivity contribution in [2.75, 3.05) is 18.0 Å². The standard InChI is InChI=1S/2C28H27N3O2.4C2H6/c1-17(2)19(4)28(33)30-12-11-20-6-8-23(14-22(20)16-30)31-26(32)10-7-21-15-29-25-9-5-18(3)13-24(25)27(21)31;1-17(2)19(4)28(33)30-13-5-6-20-8-10-22(15-25(20)30)31-26(32)12-9-21-16-29-24-11-7-18(3)14-23(24)27(21)31;4*1-2/h5-10,13-15H,11-12,16H2,1-4H3;7-12,14-16H,5-6,13H2,1-4H3;4*1-2H3. The molecule has 388 valence electrons. The average molecular weight is 995 g/mol. The zero-order valence-corrected chi connectivity index (χ0v) is 47.0. The molecular formula is C64H78N6O4. The fraction of sp³-hybridized carbons (Fsp3) is 0.344. The van der Waals surface area contributed by atoms with Crippen LogP contribution < -0.4 is 16.0 Å². The molecule has 2 aliphatic heterocycles. The highest BCUT2D eigenvalue weighted by Gasteiger charge is 2.26. The van der Waals surface area contributed by atoms with Gasteiger partial charge < -0.3 is 9.80 Å². The molecule has 0 saturated carbocycles. The van der Waals surface area contributed by atoms with Crippen molar-refractivity contribution in [3.63, 3.8) is 0 Å². The zero-order valence-electron chi connectivity index (χ0n) is 47.0. The van der Waals surface area contributed by atoms with Crippen molar-refractivity contribution in [1.82, 2.24) is 24.0 Å². The molecular weight excluding hydrogens is 917 g/mol. The van der Waals surface area contributed by atoms with E-state index in [1.54, 1.807) is 21.3 Å². The van der Waals surface area contributed by atoms with Gasteiger partial charge in [-0.05, 0) is 152 Å². The number of amides is 2. The minimum atomic E-state index is -0.106. The summed E-state index contributed by atoms with van der Waals surface area (Å²) in [6, 6.07) is 31.3. The first-order valence-corrected chi connectivity index (χ1v) is 26.7. The van der Waals surface area contributed by atoms with Gasteiger partial charge in [0, 0.05) is 88.2 Å². The maximum Gasteiger partial charge on any atom is 0.255 e. The Balaban J connectivity index is 0.000000242. The fourth-order valence-corrected chi connectivity index (χ4v) is 9.20. The minimum absolute atomic E-state index is 0.0311. The van der Waals surface area contributed by atoms with Crippen LogP contribution in [0.5, 0.6) is 0 Å². The van der Waals surface area contributed by atoms with Gasteiger partial charge in [0.1, 0.15) is 0 Å². The Kier molecular flexibility index (Phi) is 20.2. The number of benzene rings is 4. The van der Waals surface area contributed by atoms with Gasteiger partial charge in [-0.25, -0.2) is 0 Å². The second-order valence-corrected chi connectivity index (χ2v) is 18.2. The largest absolute Gasteiger partial charge is 0.334 e. The van der Waals surface area contributed by atoms with Crippen LogP contribution in [0.4, 0.5) is 5.69 Å². The Bertz CT molecular complexity index is 3510. The molecule has 0 atom stereocenters. The normalized spacial score (nSPS) is 12.2. The molecule has 4 aromatic heterocycles. The van der Waals surface area contributed by atoms with Crippen molar-refractivity contribution in [2.24, 2.45) is 0 Å². The molecule has 0 saturated heterocycles. The van der Waals surface area contributed by atoms with Gasteiger partial charge in [0.25, 0.3) is 17.0 Å². The smallest absolute Gasteiger partial charge is 0.255 e. The number of aryl methyl sites for hydroxylation is 3. The molecule has 8 aromatic rings. The molecule has 10 heteroatoms. The molecule has 10 rings (SSSR count). The summed E-state index contributed by atoms with van der Waals surface area (Å²) in [5.41, 5.74) is 15.0. The van der Waals surface area contributed by atoms with Gasteiger partial charge in [0.05, 0.1) is 27.8 Å². The summed E-state index contributed by atoms with van der Waals surface area (Å²) in [4.78, 5) is 65.4. The highest BCUT2D eigenvalue weighted by molar-refractivity contribution is 6.07. The number of carbonyl (C=O) groups excluding carboxylic acids is 2. The van der Waals surface area contributed by atoms with Crippen molar-refractivity contribution in [3.05, 3.63) is 180 Å². The third kappa shape index (κ3) is 12.0. The van der Waals surface area contributed by atoms with E-state index in [0.29, 0.717) is 19.6 Å². The lowest BCUT2D eigenvalue weighted by atomic mass is 9.97. The average Bonchev–Trinajstić information content (AvgIpc) is 3.43. The lowest BCUT2D eigenvalue weighted by Gasteiger charge is -2.31. The minimum Gasteiger partial charge on any atom is -0.334 e. The zero-order chi connectivity index (χ0) is 54.6. The van der Waals surface area contributed by atoms with Crippen LogP contribution in [0.15, 0.2) is 141 Å². The topological polar surface area (TPSA) is 110 Å². The van der Waals surface area contributed by atoms with E-state index >= 15 is 0 Å². The summed E-state index contributed by atoms with van der Waals surface area (Å²) < 4.78 is 3.53. The molecule has 0 N–H and O–H groups in total. The van der Waals surface area contributed by atoms with E-state index in [1.165, 1.54) is 5.56 Å². The van der Waals surface area contributed by atoms with Crippen LogP contribution in [-0.2, 0) is 29.0 Å². The number of rotatable bonds is 4. The fourth-order valence-electron chi connectivity index (χ4n) is 9.20. The van der Waals surface area contributed by atoms with Gasteiger partial charge in [0.15, 0.2) is 0 Å². The Morgan fingerprint density at radius 3 is 1.46 bits per heavy atom.